The molecule has 0 bridgehead atoms. The summed E-state index contributed by atoms with van der Waals surface area (Å²) in [5.74, 6) is -0.288. The number of ether oxygens (including phenoxy) is 1. The van der Waals surface area contributed by atoms with Gasteiger partial charge in [-0.1, -0.05) is 26.8 Å². The van der Waals surface area contributed by atoms with Crippen LogP contribution in [-0.4, -0.2) is 6.09 Å². The first-order chi connectivity index (χ1) is 8.14. The van der Waals surface area contributed by atoms with Gasteiger partial charge in [0.25, 0.3) is 0 Å². The molecule has 1 rings (SSSR count). The highest BCUT2D eigenvalue weighted by atomic mass is 79.9. The van der Waals surface area contributed by atoms with Crippen LogP contribution in [0.15, 0.2) is 16.6 Å². The second-order valence-electron chi connectivity index (χ2n) is 5.15. The maximum atomic E-state index is 13.9. The lowest BCUT2D eigenvalue weighted by Gasteiger charge is -2.24. The van der Waals surface area contributed by atoms with Crippen molar-refractivity contribution in [2.24, 2.45) is 5.73 Å². The molecule has 0 saturated carbocycles. The summed E-state index contributed by atoms with van der Waals surface area (Å²) in [6.45, 7) is 7.44. The molecule has 2 N–H and O–H groups in total. The molecule has 18 heavy (non-hydrogen) atoms. The third-order valence-electron chi connectivity index (χ3n) is 2.60. The van der Waals surface area contributed by atoms with Crippen molar-refractivity contribution in [3.63, 3.8) is 0 Å². The predicted molar refractivity (Wildman–Crippen MR) is 71.9 cm³/mol. The van der Waals surface area contributed by atoms with Crippen molar-refractivity contribution in [3.05, 3.63) is 33.5 Å². The molecule has 1 amide bonds. The van der Waals surface area contributed by atoms with Crippen LogP contribution in [0.4, 0.5) is 9.18 Å². The number of amides is 1. The Morgan fingerprint density at radius 3 is 2.44 bits per heavy atom. The minimum atomic E-state index is -0.851. The highest BCUT2D eigenvalue weighted by Crippen LogP contribution is 2.37. The van der Waals surface area contributed by atoms with Crippen molar-refractivity contribution in [2.45, 2.75) is 39.2 Å². The van der Waals surface area contributed by atoms with Gasteiger partial charge in [0.05, 0.1) is 0 Å². The summed E-state index contributed by atoms with van der Waals surface area (Å²) in [6.07, 6.45) is -1.38. The zero-order chi connectivity index (χ0) is 14.1. The summed E-state index contributed by atoms with van der Waals surface area (Å²) in [7, 11) is 0. The summed E-state index contributed by atoms with van der Waals surface area (Å²) >= 11 is 3.39. The van der Waals surface area contributed by atoms with Crippen LogP contribution in [0, 0.1) is 5.82 Å². The number of nitrogens with two attached hydrogens (primary N) is 1. The Kier molecular flexibility index (Phi) is 4.37. The molecule has 0 heterocycles. The highest BCUT2D eigenvalue weighted by Gasteiger charge is 2.25. The SMILES string of the molecule is CC(OC(N)=O)c1ccc(F)c(C(C)(C)C)c1Br. The van der Waals surface area contributed by atoms with E-state index in [1.165, 1.54) is 6.07 Å². The van der Waals surface area contributed by atoms with Crippen LogP contribution in [-0.2, 0) is 10.2 Å². The monoisotopic (exact) mass is 317 g/mol. The van der Waals surface area contributed by atoms with E-state index in [-0.39, 0.29) is 11.2 Å². The van der Waals surface area contributed by atoms with Crippen LogP contribution in [0.25, 0.3) is 0 Å². The van der Waals surface area contributed by atoms with Crippen molar-refractivity contribution in [3.8, 4) is 0 Å². The Balaban J connectivity index is 3.29. The van der Waals surface area contributed by atoms with E-state index in [0.717, 1.165) is 0 Å². The average Bonchev–Trinajstić information content (AvgIpc) is 2.13. The molecular formula is C13H17BrFNO2. The molecule has 100 valence electrons. The van der Waals surface area contributed by atoms with Crippen molar-refractivity contribution in [1.82, 2.24) is 0 Å². The average molecular weight is 318 g/mol. The number of hydrogen-bond acceptors (Lipinski definition) is 2. The van der Waals surface area contributed by atoms with Crippen LogP contribution in [0.1, 0.15) is 44.9 Å². The lowest BCUT2D eigenvalue weighted by Crippen LogP contribution is -2.19. The zero-order valence-corrected chi connectivity index (χ0v) is 12.5. The lowest BCUT2D eigenvalue weighted by atomic mass is 9.85. The van der Waals surface area contributed by atoms with E-state index in [2.05, 4.69) is 15.9 Å². The number of benzene rings is 1. The Hall–Kier alpha value is -1.10. The minimum Gasteiger partial charge on any atom is -0.442 e. The van der Waals surface area contributed by atoms with Crippen LogP contribution in [0.5, 0.6) is 0 Å². The van der Waals surface area contributed by atoms with E-state index in [4.69, 9.17) is 10.5 Å². The van der Waals surface area contributed by atoms with Crippen LogP contribution < -0.4 is 5.73 Å². The number of carbonyl (C=O) groups excluding carboxylic acids is 1. The molecule has 0 aromatic heterocycles. The lowest BCUT2D eigenvalue weighted by molar-refractivity contribution is 0.116. The van der Waals surface area contributed by atoms with E-state index in [1.807, 2.05) is 20.8 Å². The number of primary amides is 1. The Morgan fingerprint density at radius 1 is 1.44 bits per heavy atom. The number of halogens is 2. The molecule has 3 nitrogen and oxygen atoms in total. The van der Waals surface area contributed by atoms with Gasteiger partial charge in [0.15, 0.2) is 0 Å². The molecule has 1 aromatic carbocycles. The van der Waals surface area contributed by atoms with Crippen molar-refractivity contribution in [1.29, 1.82) is 0 Å². The van der Waals surface area contributed by atoms with Gasteiger partial charge in [0.1, 0.15) is 11.9 Å². The van der Waals surface area contributed by atoms with Crippen molar-refractivity contribution in [2.75, 3.05) is 0 Å². The fraction of sp³-hybridized carbons (Fsp3) is 0.462. The molecule has 1 unspecified atom stereocenters. The van der Waals surface area contributed by atoms with Gasteiger partial charge in [-0.05, 0) is 34.3 Å². The van der Waals surface area contributed by atoms with Crippen molar-refractivity contribution < 1.29 is 13.9 Å². The summed E-state index contributed by atoms with van der Waals surface area (Å²) in [5, 5.41) is 0. The van der Waals surface area contributed by atoms with E-state index < -0.39 is 12.2 Å². The minimum absolute atomic E-state index is 0.288. The second-order valence-corrected chi connectivity index (χ2v) is 5.95. The van der Waals surface area contributed by atoms with Crippen molar-refractivity contribution >= 4 is 22.0 Å². The largest absolute Gasteiger partial charge is 0.442 e. The van der Waals surface area contributed by atoms with E-state index >= 15 is 0 Å². The van der Waals surface area contributed by atoms with Gasteiger partial charge < -0.3 is 10.5 Å². The summed E-state index contributed by atoms with van der Waals surface area (Å²) in [5.41, 5.74) is 5.88. The maximum absolute atomic E-state index is 13.9. The summed E-state index contributed by atoms with van der Waals surface area (Å²) < 4.78 is 19.4. The van der Waals surface area contributed by atoms with Crippen LogP contribution >= 0.6 is 15.9 Å². The fourth-order valence-corrected chi connectivity index (χ4v) is 3.05. The number of hydrogen-bond donors (Lipinski definition) is 1. The third-order valence-corrected chi connectivity index (χ3v) is 3.46. The first kappa shape index (κ1) is 15.0. The molecule has 5 heteroatoms. The van der Waals surface area contributed by atoms with Gasteiger partial charge in [-0.25, -0.2) is 9.18 Å². The summed E-state index contributed by atoms with van der Waals surface area (Å²) in [4.78, 5) is 10.8. The zero-order valence-electron chi connectivity index (χ0n) is 10.9. The van der Waals surface area contributed by atoms with Gasteiger partial charge in [-0.3, -0.25) is 0 Å². The van der Waals surface area contributed by atoms with Gasteiger partial charge in [0.2, 0.25) is 0 Å². The molecule has 0 aliphatic carbocycles. The first-order valence-electron chi connectivity index (χ1n) is 5.59. The fourth-order valence-electron chi connectivity index (χ4n) is 1.81. The van der Waals surface area contributed by atoms with Gasteiger partial charge in [0, 0.05) is 15.6 Å². The summed E-state index contributed by atoms with van der Waals surface area (Å²) in [6, 6.07) is 2.96. The molecular weight excluding hydrogens is 301 g/mol. The third kappa shape index (κ3) is 3.22. The smallest absolute Gasteiger partial charge is 0.405 e. The normalized spacial score (nSPS) is 13.2. The van der Waals surface area contributed by atoms with Gasteiger partial charge in [-0.15, -0.1) is 0 Å². The predicted octanol–water partition coefficient (Wildman–Crippen LogP) is 4.04. The van der Waals surface area contributed by atoms with Gasteiger partial charge in [-0.2, -0.15) is 0 Å². The Labute approximate surface area is 115 Å². The molecule has 0 saturated heterocycles. The second kappa shape index (κ2) is 5.26. The molecule has 1 atom stereocenters. The number of rotatable bonds is 2. The van der Waals surface area contributed by atoms with E-state index in [0.29, 0.717) is 15.6 Å². The topological polar surface area (TPSA) is 52.3 Å². The quantitative estimate of drug-likeness (QED) is 0.894. The van der Waals surface area contributed by atoms with E-state index in [9.17, 15) is 9.18 Å². The van der Waals surface area contributed by atoms with Crippen LogP contribution in [0.2, 0.25) is 0 Å². The number of carbonyl (C=O) groups is 1. The molecule has 0 radical (unpaired) electrons. The molecule has 0 aliphatic heterocycles. The Morgan fingerprint density at radius 2 is 2.00 bits per heavy atom. The Bertz CT molecular complexity index is 469. The molecule has 1 aromatic rings. The standard InChI is InChI=1S/C13H17BrFNO2/c1-7(18-12(16)17)8-5-6-9(15)10(11(8)14)13(2,3)4/h5-7H,1-4H3,(H2,16,17). The highest BCUT2D eigenvalue weighted by molar-refractivity contribution is 9.10. The molecule has 0 fully saturated rings. The van der Waals surface area contributed by atoms with Gasteiger partial charge >= 0.3 is 6.09 Å². The maximum Gasteiger partial charge on any atom is 0.405 e. The molecule has 0 aliphatic rings. The van der Waals surface area contributed by atoms with Crippen LogP contribution in [0.3, 0.4) is 0 Å². The molecule has 0 spiro atoms. The first-order valence-corrected chi connectivity index (χ1v) is 6.38. The van der Waals surface area contributed by atoms with E-state index in [1.54, 1.807) is 13.0 Å².